The molecule has 114 valence electrons. The predicted octanol–water partition coefficient (Wildman–Crippen LogP) is -1.78. The summed E-state index contributed by atoms with van der Waals surface area (Å²) >= 11 is 0. The molecule has 0 aromatic carbocycles. The maximum Gasteiger partial charge on any atom is 0.327 e. The van der Waals surface area contributed by atoms with Crippen LogP contribution in [-0.2, 0) is 9.47 Å². The highest BCUT2D eigenvalue weighted by Gasteiger charge is 2.58. The van der Waals surface area contributed by atoms with Crippen LogP contribution >= 0.6 is 0 Å². The van der Waals surface area contributed by atoms with Crippen LogP contribution in [0.3, 0.4) is 0 Å². The smallest absolute Gasteiger partial charge is 0.327 e. The number of rotatable bonds is 6. The third-order valence-electron chi connectivity index (χ3n) is 3.37. The summed E-state index contributed by atoms with van der Waals surface area (Å²) in [6.07, 6.45) is -1.47. The molecule has 2 aliphatic heterocycles. The lowest BCUT2D eigenvalue weighted by atomic mass is 10.3. The molecule has 0 bridgehead atoms. The molecular formula is C10H18N4O6. The highest BCUT2D eigenvalue weighted by Crippen LogP contribution is 2.34. The summed E-state index contributed by atoms with van der Waals surface area (Å²) in [6, 6.07) is -0.951. The Bertz CT molecular complexity index is 358. The van der Waals surface area contributed by atoms with E-state index in [2.05, 4.69) is 0 Å². The first-order valence-electron chi connectivity index (χ1n) is 5.96. The van der Waals surface area contributed by atoms with Gasteiger partial charge in [0, 0.05) is 14.2 Å². The SMILES string of the molecule is COCN1C(=O)N(CO)C2C1N(CO)C(=O)N2COC. The minimum Gasteiger partial charge on any atom is -0.376 e. The Morgan fingerprint density at radius 3 is 1.45 bits per heavy atom. The summed E-state index contributed by atoms with van der Waals surface area (Å²) < 4.78 is 9.90. The van der Waals surface area contributed by atoms with Crippen LogP contribution in [0.15, 0.2) is 0 Å². The average Bonchev–Trinajstić information content (AvgIpc) is 2.85. The van der Waals surface area contributed by atoms with Crippen LogP contribution in [-0.4, -0.2) is 95.3 Å². The summed E-state index contributed by atoms with van der Waals surface area (Å²) in [5.41, 5.74) is 0. The first kappa shape index (κ1) is 14.8. The van der Waals surface area contributed by atoms with Gasteiger partial charge in [-0.15, -0.1) is 0 Å². The van der Waals surface area contributed by atoms with Gasteiger partial charge in [-0.05, 0) is 0 Å². The Kier molecular flexibility index (Phi) is 4.28. The van der Waals surface area contributed by atoms with E-state index < -0.39 is 37.9 Å². The molecular weight excluding hydrogens is 272 g/mol. The number of nitrogens with zero attached hydrogens (tertiary/aromatic N) is 4. The van der Waals surface area contributed by atoms with Gasteiger partial charge < -0.3 is 19.7 Å². The molecule has 2 atom stereocenters. The van der Waals surface area contributed by atoms with Crippen LogP contribution in [0.25, 0.3) is 0 Å². The minimum atomic E-state index is -0.734. The second-order valence-electron chi connectivity index (χ2n) is 4.39. The monoisotopic (exact) mass is 290 g/mol. The number of fused-ring (bicyclic) bond motifs is 1. The molecule has 2 unspecified atom stereocenters. The summed E-state index contributed by atoms with van der Waals surface area (Å²) in [5.74, 6) is 0. The van der Waals surface area contributed by atoms with Crippen molar-refractivity contribution in [3.8, 4) is 0 Å². The number of aliphatic hydroxyl groups is 2. The first-order chi connectivity index (χ1) is 9.62. The normalized spacial score (nSPS) is 26.0. The molecule has 0 aliphatic carbocycles. The van der Waals surface area contributed by atoms with Crippen LogP contribution < -0.4 is 0 Å². The third kappa shape index (κ3) is 1.97. The second kappa shape index (κ2) is 5.79. The number of ether oxygens (including phenoxy) is 2. The van der Waals surface area contributed by atoms with Crippen LogP contribution in [0.2, 0.25) is 0 Å². The Balaban J connectivity index is 2.37. The Morgan fingerprint density at radius 2 is 1.20 bits per heavy atom. The lowest BCUT2D eigenvalue weighted by molar-refractivity contribution is -0.00215. The number of carbonyl (C=O) groups excluding carboxylic acids is 2. The molecule has 2 heterocycles. The second-order valence-corrected chi connectivity index (χ2v) is 4.39. The number of amides is 4. The summed E-state index contributed by atoms with van der Waals surface area (Å²) in [4.78, 5) is 29.1. The molecule has 0 radical (unpaired) electrons. The van der Waals surface area contributed by atoms with Crippen LogP contribution in [0.1, 0.15) is 0 Å². The first-order valence-corrected chi connectivity index (χ1v) is 5.96. The number of hydrogen-bond donors (Lipinski definition) is 2. The fourth-order valence-corrected chi connectivity index (χ4v) is 2.59. The number of urea groups is 2. The van der Waals surface area contributed by atoms with Crippen molar-refractivity contribution in [2.75, 3.05) is 41.1 Å². The summed E-state index contributed by atoms with van der Waals surface area (Å²) in [7, 11) is 2.83. The molecule has 2 rings (SSSR count). The molecule has 2 saturated heterocycles. The zero-order valence-electron chi connectivity index (χ0n) is 11.3. The standard InChI is InChI=1S/C10H18N4O6/c1-19-5-13-7-8(12(4-16)9(13)17)14(6-20-2)10(18)11(7)3-15/h7-8,15-16H,3-6H2,1-2H3. The van der Waals surface area contributed by atoms with Gasteiger partial charge >= 0.3 is 12.1 Å². The van der Waals surface area contributed by atoms with E-state index in [-0.39, 0.29) is 13.5 Å². The predicted molar refractivity (Wildman–Crippen MR) is 63.6 cm³/mol. The third-order valence-corrected chi connectivity index (χ3v) is 3.37. The molecule has 4 amide bonds. The van der Waals surface area contributed by atoms with Crippen molar-refractivity contribution in [2.24, 2.45) is 0 Å². The van der Waals surface area contributed by atoms with Gasteiger partial charge in [-0.3, -0.25) is 19.6 Å². The molecule has 10 heteroatoms. The van der Waals surface area contributed by atoms with Gasteiger partial charge in [0.05, 0.1) is 0 Å². The van der Waals surface area contributed by atoms with Gasteiger partial charge in [0.2, 0.25) is 0 Å². The lowest BCUT2D eigenvalue weighted by Gasteiger charge is -2.27. The lowest BCUT2D eigenvalue weighted by Crippen LogP contribution is -2.47. The quantitative estimate of drug-likeness (QED) is 0.599. The number of hydrogen-bond acceptors (Lipinski definition) is 6. The van der Waals surface area contributed by atoms with Crippen molar-refractivity contribution in [3.05, 3.63) is 0 Å². The highest BCUT2D eigenvalue weighted by molar-refractivity contribution is 5.84. The fraction of sp³-hybridized carbons (Fsp3) is 0.800. The molecule has 20 heavy (non-hydrogen) atoms. The summed E-state index contributed by atoms with van der Waals surface area (Å²) in [6.45, 7) is -1.21. The van der Waals surface area contributed by atoms with Gasteiger partial charge in [-0.2, -0.15) is 0 Å². The Morgan fingerprint density at radius 1 is 0.850 bits per heavy atom. The Hall–Kier alpha value is -1.62. The van der Waals surface area contributed by atoms with E-state index >= 15 is 0 Å². The van der Waals surface area contributed by atoms with E-state index in [4.69, 9.17) is 9.47 Å². The number of aliphatic hydroxyl groups excluding tert-OH is 2. The molecule has 0 spiro atoms. The van der Waals surface area contributed by atoms with Crippen molar-refractivity contribution in [2.45, 2.75) is 12.3 Å². The van der Waals surface area contributed by atoms with Gasteiger partial charge in [-0.1, -0.05) is 0 Å². The van der Waals surface area contributed by atoms with Crippen LogP contribution in [0.5, 0.6) is 0 Å². The molecule has 0 aromatic rings. The highest BCUT2D eigenvalue weighted by atomic mass is 16.5. The summed E-state index contributed by atoms with van der Waals surface area (Å²) in [5, 5.41) is 18.8. The Labute approximate surface area is 115 Å². The van der Waals surface area contributed by atoms with Crippen molar-refractivity contribution in [1.82, 2.24) is 19.6 Å². The van der Waals surface area contributed by atoms with E-state index in [0.29, 0.717) is 0 Å². The van der Waals surface area contributed by atoms with E-state index in [0.717, 1.165) is 9.80 Å². The van der Waals surface area contributed by atoms with Crippen molar-refractivity contribution >= 4 is 12.1 Å². The fourth-order valence-electron chi connectivity index (χ4n) is 2.59. The van der Waals surface area contributed by atoms with Crippen molar-refractivity contribution < 1.29 is 29.3 Å². The van der Waals surface area contributed by atoms with E-state index in [9.17, 15) is 19.8 Å². The zero-order valence-corrected chi connectivity index (χ0v) is 11.3. The van der Waals surface area contributed by atoms with Gasteiger partial charge in [-0.25, -0.2) is 9.59 Å². The zero-order chi connectivity index (χ0) is 14.9. The van der Waals surface area contributed by atoms with Crippen molar-refractivity contribution in [1.29, 1.82) is 0 Å². The largest absolute Gasteiger partial charge is 0.376 e. The molecule has 2 fully saturated rings. The molecule has 0 aromatic heterocycles. The molecule has 2 aliphatic rings. The van der Waals surface area contributed by atoms with Crippen LogP contribution in [0, 0.1) is 0 Å². The van der Waals surface area contributed by atoms with Gasteiger partial charge in [0.25, 0.3) is 0 Å². The van der Waals surface area contributed by atoms with E-state index in [1.54, 1.807) is 0 Å². The topological polar surface area (TPSA) is 106 Å². The van der Waals surface area contributed by atoms with Crippen molar-refractivity contribution in [3.63, 3.8) is 0 Å². The number of methoxy groups -OCH3 is 2. The average molecular weight is 290 g/mol. The van der Waals surface area contributed by atoms with E-state index in [1.807, 2.05) is 0 Å². The molecule has 2 N–H and O–H groups in total. The molecule has 10 nitrogen and oxygen atoms in total. The maximum atomic E-state index is 12.2. The van der Waals surface area contributed by atoms with Gasteiger partial charge in [0.1, 0.15) is 26.9 Å². The van der Waals surface area contributed by atoms with E-state index in [1.165, 1.54) is 24.0 Å². The maximum absolute atomic E-state index is 12.2. The van der Waals surface area contributed by atoms with Gasteiger partial charge in [0.15, 0.2) is 12.3 Å². The minimum absolute atomic E-state index is 0.0545. The molecule has 0 saturated carbocycles. The number of carbonyl (C=O) groups is 2. The van der Waals surface area contributed by atoms with Crippen LogP contribution in [0.4, 0.5) is 9.59 Å².